The number of carbonyl (C=O) groups is 2. The van der Waals surface area contributed by atoms with Gasteiger partial charge in [-0.3, -0.25) is 9.59 Å². The Hall–Kier alpha value is -1.82. The highest BCUT2D eigenvalue weighted by Gasteiger charge is 2.26. The Bertz CT molecular complexity index is 475. The fourth-order valence-corrected chi connectivity index (χ4v) is 2.24. The summed E-state index contributed by atoms with van der Waals surface area (Å²) in [7, 11) is 1.58. The third kappa shape index (κ3) is 3.19. The molecule has 6 nitrogen and oxygen atoms in total. The van der Waals surface area contributed by atoms with Gasteiger partial charge in [0.25, 0.3) is 5.91 Å². The Morgan fingerprint density at radius 3 is 2.45 bits per heavy atom. The van der Waals surface area contributed by atoms with E-state index in [1.807, 2.05) is 6.92 Å². The van der Waals surface area contributed by atoms with Crippen molar-refractivity contribution < 1.29 is 18.7 Å². The molecule has 2 rings (SSSR count). The molecule has 1 aliphatic heterocycles. The van der Waals surface area contributed by atoms with Crippen molar-refractivity contribution in [2.45, 2.75) is 13.3 Å². The summed E-state index contributed by atoms with van der Waals surface area (Å²) >= 11 is 0. The summed E-state index contributed by atoms with van der Waals surface area (Å²) < 4.78 is 10.1. The van der Waals surface area contributed by atoms with Crippen molar-refractivity contribution in [3.8, 4) is 0 Å². The van der Waals surface area contributed by atoms with E-state index in [0.29, 0.717) is 45.0 Å². The van der Waals surface area contributed by atoms with Crippen molar-refractivity contribution >= 4 is 11.8 Å². The zero-order valence-electron chi connectivity index (χ0n) is 11.9. The molecule has 2 heterocycles. The largest absolute Gasteiger partial charge is 0.459 e. The number of hydrogen-bond acceptors (Lipinski definition) is 4. The van der Waals surface area contributed by atoms with Crippen molar-refractivity contribution in [3.05, 3.63) is 23.7 Å². The van der Waals surface area contributed by atoms with Gasteiger partial charge < -0.3 is 19.0 Å². The van der Waals surface area contributed by atoms with E-state index in [9.17, 15) is 9.59 Å². The van der Waals surface area contributed by atoms with Crippen LogP contribution in [0.2, 0.25) is 0 Å². The number of rotatable bonds is 4. The Labute approximate surface area is 118 Å². The number of aryl methyl sites for hydroxylation is 1. The number of amides is 2. The maximum atomic E-state index is 12.2. The van der Waals surface area contributed by atoms with Crippen LogP contribution in [0.25, 0.3) is 0 Å². The SMILES string of the molecule is COCCC(=O)N1CCN(C(=O)c2occc2C)CC1. The van der Waals surface area contributed by atoms with Crippen LogP contribution in [-0.4, -0.2) is 61.5 Å². The van der Waals surface area contributed by atoms with Crippen LogP contribution in [0.1, 0.15) is 22.5 Å². The van der Waals surface area contributed by atoms with E-state index < -0.39 is 0 Å². The Kier molecular flexibility index (Phi) is 4.79. The first-order chi connectivity index (χ1) is 9.63. The van der Waals surface area contributed by atoms with Gasteiger partial charge in [0.1, 0.15) is 0 Å². The van der Waals surface area contributed by atoms with Crippen molar-refractivity contribution in [1.82, 2.24) is 9.80 Å². The maximum absolute atomic E-state index is 12.2. The van der Waals surface area contributed by atoms with Crippen LogP contribution in [0.3, 0.4) is 0 Å². The standard InChI is InChI=1S/C14H20N2O4/c1-11-3-10-20-13(11)14(18)16-7-5-15(6-8-16)12(17)4-9-19-2/h3,10H,4-9H2,1-2H3. The summed E-state index contributed by atoms with van der Waals surface area (Å²) in [6.07, 6.45) is 1.91. The van der Waals surface area contributed by atoms with Gasteiger partial charge in [-0.05, 0) is 13.0 Å². The molecule has 110 valence electrons. The average Bonchev–Trinajstić information content (AvgIpc) is 2.90. The summed E-state index contributed by atoms with van der Waals surface area (Å²) in [5, 5.41) is 0. The van der Waals surface area contributed by atoms with Gasteiger partial charge >= 0.3 is 0 Å². The number of furan rings is 1. The molecule has 0 N–H and O–H groups in total. The predicted octanol–water partition coefficient (Wildman–Crippen LogP) is 0.909. The number of methoxy groups -OCH3 is 1. The molecule has 1 aromatic rings. The van der Waals surface area contributed by atoms with Gasteiger partial charge in [-0.25, -0.2) is 0 Å². The normalized spacial score (nSPS) is 15.5. The fraction of sp³-hybridized carbons (Fsp3) is 0.571. The molecule has 0 unspecified atom stereocenters. The molecular formula is C14H20N2O4. The van der Waals surface area contributed by atoms with E-state index in [2.05, 4.69) is 0 Å². The van der Waals surface area contributed by atoms with Crippen molar-refractivity contribution in [2.75, 3.05) is 39.9 Å². The molecule has 0 atom stereocenters. The summed E-state index contributed by atoms with van der Waals surface area (Å²) in [6, 6.07) is 1.78. The molecule has 2 amide bonds. The van der Waals surface area contributed by atoms with Crippen LogP contribution < -0.4 is 0 Å². The molecule has 1 aromatic heterocycles. The molecule has 0 bridgehead atoms. The second-order valence-corrected chi connectivity index (χ2v) is 4.85. The van der Waals surface area contributed by atoms with Crippen molar-refractivity contribution in [3.63, 3.8) is 0 Å². The zero-order valence-corrected chi connectivity index (χ0v) is 11.9. The zero-order chi connectivity index (χ0) is 14.5. The number of piperazine rings is 1. The molecular weight excluding hydrogens is 260 g/mol. The lowest BCUT2D eigenvalue weighted by Crippen LogP contribution is -2.50. The van der Waals surface area contributed by atoms with Crippen LogP contribution in [0.4, 0.5) is 0 Å². The third-order valence-electron chi connectivity index (χ3n) is 3.50. The van der Waals surface area contributed by atoms with E-state index in [-0.39, 0.29) is 11.8 Å². The summed E-state index contributed by atoms with van der Waals surface area (Å²) in [5.41, 5.74) is 0.841. The monoisotopic (exact) mass is 280 g/mol. The van der Waals surface area contributed by atoms with Gasteiger partial charge in [-0.15, -0.1) is 0 Å². The Balaban J connectivity index is 1.87. The van der Waals surface area contributed by atoms with Gasteiger partial charge in [0.2, 0.25) is 5.91 Å². The van der Waals surface area contributed by atoms with E-state index in [1.54, 1.807) is 23.0 Å². The number of nitrogens with zero attached hydrogens (tertiary/aromatic N) is 2. The van der Waals surface area contributed by atoms with Gasteiger partial charge in [0.15, 0.2) is 5.76 Å². The smallest absolute Gasteiger partial charge is 0.289 e. The van der Waals surface area contributed by atoms with Gasteiger partial charge in [0, 0.05) is 38.9 Å². The molecule has 6 heteroatoms. The minimum atomic E-state index is -0.100. The number of hydrogen-bond donors (Lipinski definition) is 0. The highest BCUT2D eigenvalue weighted by atomic mass is 16.5. The third-order valence-corrected chi connectivity index (χ3v) is 3.50. The van der Waals surface area contributed by atoms with Crippen LogP contribution in [0, 0.1) is 6.92 Å². The summed E-state index contributed by atoms with van der Waals surface area (Å²) in [6.45, 7) is 4.49. The molecule has 1 aliphatic rings. The first kappa shape index (κ1) is 14.6. The van der Waals surface area contributed by atoms with E-state index >= 15 is 0 Å². The van der Waals surface area contributed by atoms with Crippen LogP contribution >= 0.6 is 0 Å². The first-order valence-corrected chi connectivity index (χ1v) is 6.73. The van der Waals surface area contributed by atoms with Crippen molar-refractivity contribution in [1.29, 1.82) is 0 Å². The molecule has 0 aliphatic carbocycles. The maximum Gasteiger partial charge on any atom is 0.289 e. The quantitative estimate of drug-likeness (QED) is 0.822. The molecule has 1 fully saturated rings. The van der Waals surface area contributed by atoms with Gasteiger partial charge in [-0.1, -0.05) is 0 Å². The number of carbonyl (C=O) groups excluding carboxylic acids is 2. The Morgan fingerprint density at radius 2 is 1.90 bits per heavy atom. The van der Waals surface area contributed by atoms with Gasteiger partial charge in [-0.2, -0.15) is 0 Å². The first-order valence-electron chi connectivity index (χ1n) is 6.73. The summed E-state index contributed by atoms with van der Waals surface area (Å²) in [4.78, 5) is 27.6. The lowest BCUT2D eigenvalue weighted by Gasteiger charge is -2.34. The van der Waals surface area contributed by atoms with E-state index in [0.717, 1.165) is 5.56 Å². The minimum absolute atomic E-state index is 0.0770. The topological polar surface area (TPSA) is 63.0 Å². The summed E-state index contributed by atoms with van der Waals surface area (Å²) in [5.74, 6) is 0.369. The molecule has 0 aromatic carbocycles. The molecule has 1 saturated heterocycles. The van der Waals surface area contributed by atoms with E-state index in [4.69, 9.17) is 9.15 Å². The molecule has 0 spiro atoms. The molecule has 20 heavy (non-hydrogen) atoms. The minimum Gasteiger partial charge on any atom is -0.459 e. The van der Waals surface area contributed by atoms with Gasteiger partial charge in [0.05, 0.1) is 19.3 Å². The molecule has 0 saturated carbocycles. The van der Waals surface area contributed by atoms with Crippen LogP contribution in [-0.2, 0) is 9.53 Å². The van der Waals surface area contributed by atoms with Crippen molar-refractivity contribution in [2.24, 2.45) is 0 Å². The number of ether oxygens (including phenoxy) is 1. The fourth-order valence-electron chi connectivity index (χ4n) is 2.24. The molecule has 0 radical (unpaired) electrons. The second kappa shape index (κ2) is 6.56. The highest BCUT2D eigenvalue weighted by Crippen LogP contribution is 2.14. The average molecular weight is 280 g/mol. The lowest BCUT2D eigenvalue weighted by molar-refractivity contribution is -0.133. The van der Waals surface area contributed by atoms with Crippen LogP contribution in [0.5, 0.6) is 0 Å². The second-order valence-electron chi connectivity index (χ2n) is 4.85. The highest BCUT2D eigenvalue weighted by molar-refractivity contribution is 5.93. The van der Waals surface area contributed by atoms with E-state index in [1.165, 1.54) is 6.26 Å². The Morgan fingerprint density at radius 1 is 1.25 bits per heavy atom. The predicted molar refractivity (Wildman–Crippen MR) is 72.4 cm³/mol. The lowest BCUT2D eigenvalue weighted by atomic mass is 10.2. The van der Waals surface area contributed by atoms with Crippen LogP contribution in [0.15, 0.2) is 16.7 Å².